The van der Waals surface area contributed by atoms with Gasteiger partial charge in [0.25, 0.3) is 0 Å². The Morgan fingerprint density at radius 1 is 0.243 bits per heavy atom. The maximum atomic E-state index is 6.38. The van der Waals surface area contributed by atoms with Gasteiger partial charge < -0.3 is 8.83 Å². The van der Waals surface area contributed by atoms with Crippen LogP contribution < -0.4 is 0 Å². The lowest BCUT2D eigenvalue weighted by Crippen LogP contribution is -1.99. The molecule has 344 valence electrons. The van der Waals surface area contributed by atoms with Gasteiger partial charge >= 0.3 is 0 Å². The van der Waals surface area contributed by atoms with Crippen molar-refractivity contribution in [1.82, 2.24) is 0 Å². The second-order valence-corrected chi connectivity index (χ2v) is 20.0. The molecule has 2 nitrogen and oxygen atoms in total. The topological polar surface area (TPSA) is 26.3 Å². The molecule has 1 aliphatic rings. The molecule has 0 radical (unpaired) electrons. The fourth-order valence-corrected chi connectivity index (χ4v) is 13.1. The van der Waals surface area contributed by atoms with E-state index in [1.807, 2.05) is 6.07 Å². The summed E-state index contributed by atoms with van der Waals surface area (Å²) in [6.07, 6.45) is 4.20. The molecule has 0 spiro atoms. The Bertz CT molecular complexity index is 4790. The van der Waals surface area contributed by atoms with Crippen molar-refractivity contribution >= 4 is 109 Å². The number of rotatable bonds is 5. The second-order valence-electron chi connectivity index (χ2n) is 20.0. The van der Waals surface area contributed by atoms with Gasteiger partial charge in [-0.25, -0.2) is 0 Å². The zero-order valence-electron chi connectivity index (χ0n) is 40.3. The molecule has 2 heterocycles. The average molecular weight is 941 g/mol. The van der Waals surface area contributed by atoms with Gasteiger partial charge in [0.2, 0.25) is 0 Å². The highest BCUT2D eigenvalue weighted by atomic mass is 16.3. The zero-order chi connectivity index (χ0) is 48.4. The highest BCUT2D eigenvalue weighted by Gasteiger charge is 2.25. The Balaban J connectivity index is 0.880. The van der Waals surface area contributed by atoms with Gasteiger partial charge in [0.15, 0.2) is 0 Å². The summed E-state index contributed by atoms with van der Waals surface area (Å²) < 4.78 is 12.7. The van der Waals surface area contributed by atoms with Gasteiger partial charge in [-0.15, -0.1) is 0 Å². The van der Waals surface area contributed by atoms with Crippen LogP contribution in [0.25, 0.3) is 154 Å². The van der Waals surface area contributed by atoms with Crippen LogP contribution in [0.3, 0.4) is 0 Å². The van der Waals surface area contributed by atoms with Gasteiger partial charge in [0, 0.05) is 28.1 Å². The highest BCUT2D eigenvalue weighted by molar-refractivity contribution is 6.26. The van der Waals surface area contributed by atoms with Crippen molar-refractivity contribution in [2.24, 2.45) is 0 Å². The maximum Gasteiger partial charge on any atom is 0.135 e. The molecule has 0 aliphatic heterocycles. The first kappa shape index (κ1) is 41.2. The Hall–Kier alpha value is -9.50. The van der Waals surface area contributed by atoms with E-state index >= 15 is 0 Å². The number of hydrogen-bond donors (Lipinski definition) is 0. The quantitative estimate of drug-likeness (QED) is 0.161. The largest absolute Gasteiger partial charge is 0.460 e. The van der Waals surface area contributed by atoms with Crippen molar-refractivity contribution in [2.75, 3.05) is 0 Å². The fourth-order valence-electron chi connectivity index (χ4n) is 13.1. The third-order valence-electron chi connectivity index (χ3n) is 16.2. The van der Waals surface area contributed by atoms with Crippen molar-refractivity contribution in [3.05, 3.63) is 253 Å². The lowest BCUT2D eigenvalue weighted by Gasteiger charge is -2.22. The van der Waals surface area contributed by atoms with E-state index in [0.29, 0.717) is 0 Å². The Kier molecular flexibility index (Phi) is 8.90. The van der Waals surface area contributed by atoms with Crippen LogP contribution in [0.2, 0.25) is 0 Å². The summed E-state index contributed by atoms with van der Waals surface area (Å²) in [4.78, 5) is 0. The molecule has 0 fully saturated rings. The predicted octanol–water partition coefficient (Wildman–Crippen LogP) is 20.4. The molecule has 0 saturated carbocycles. The second kappa shape index (κ2) is 16.0. The molecule has 74 heavy (non-hydrogen) atoms. The highest BCUT2D eigenvalue weighted by Crippen LogP contribution is 2.50. The van der Waals surface area contributed by atoms with Crippen LogP contribution in [-0.4, -0.2) is 0 Å². The van der Waals surface area contributed by atoms with E-state index in [9.17, 15) is 0 Å². The monoisotopic (exact) mass is 940 g/mol. The van der Waals surface area contributed by atoms with E-state index in [0.717, 1.165) is 46.1 Å². The van der Waals surface area contributed by atoms with E-state index in [1.54, 1.807) is 0 Å². The molecule has 2 heteroatoms. The minimum Gasteiger partial charge on any atom is -0.460 e. The molecule has 0 unspecified atom stereocenters. The number of allylic oxidation sites excluding steroid dienone is 1. The third-order valence-corrected chi connectivity index (χ3v) is 16.2. The standard InChI is InChI=1S/C72H44O2/c1-5-23-59-55(19-1)69(43-37-39-67-63(41-43)51-17-9-11-35-65(51)73-67)56-20-2-6-24-60(56)71(59)53-33-15-29-47-45(27-13-31-49(47)53)46-28-14-32-50-48(46)30-16-34-54(50)72-61-25-7-3-21-57(61)70(58-22-4-8-26-62(58)72)44-38-40-68-64(42-44)52-18-10-12-36-66(52)74-68/h1-37,39,41-42H,38,40H2. The molecular weight excluding hydrogens is 897 g/mol. The molecule has 0 amide bonds. The van der Waals surface area contributed by atoms with Crippen LogP contribution in [0.15, 0.2) is 245 Å². The molecule has 15 aromatic rings. The van der Waals surface area contributed by atoms with E-state index in [2.05, 4.69) is 237 Å². The predicted molar refractivity (Wildman–Crippen MR) is 313 cm³/mol. The van der Waals surface area contributed by atoms with Crippen LogP contribution in [-0.2, 0) is 6.42 Å². The summed E-state index contributed by atoms with van der Waals surface area (Å²) in [5.41, 5.74) is 16.5. The normalized spacial score (nSPS) is 12.8. The van der Waals surface area contributed by atoms with Crippen molar-refractivity contribution in [2.45, 2.75) is 12.8 Å². The third kappa shape index (κ3) is 6.00. The summed E-state index contributed by atoms with van der Waals surface area (Å²) in [6, 6.07) is 87.1. The first-order chi connectivity index (χ1) is 36.7. The number of aryl methyl sites for hydroxylation is 1. The molecule has 0 N–H and O–H groups in total. The number of furan rings is 2. The van der Waals surface area contributed by atoms with Gasteiger partial charge in [0.05, 0.1) is 0 Å². The first-order valence-corrected chi connectivity index (χ1v) is 25.8. The molecule has 13 aromatic carbocycles. The van der Waals surface area contributed by atoms with E-state index in [-0.39, 0.29) is 0 Å². The van der Waals surface area contributed by atoms with Crippen LogP contribution in [0.4, 0.5) is 0 Å². The van der Waals surface area contributed by atoms with Crippen molar-refractivity contribution in [3.8, 4) is 44.5 Å². The minimum absolute atomic E-state index is 0.879. The molecular formula is C72H44O2. The van der Waals surface area contributed by atoms with Crippen LogP contribution >= 0.6 is 0 Å². The zero-order valence-corrected chi connectivity index (χ0v) is 40.3. The SMILES string of the molecule is C1=C(c2c3ccccc3c(-c3cccc4c(-c5cccc6c(-c7c8ccccc8c(-c8ccc9oc%10ccccc%10c9c8)c8ccccc78)cccc56)cccc34)c3ccccc23)CCc2oc3ccccc3c21. The van der Waals surface area contributed by atoms with E-state index in [4.69, 9.17) is 8.83 Å². The van der Waals surface area contributed by atoms with Crippen LogP contribution in [0, 0.1) is 0 Å². The molecule has 0 atom stereocenters. The number of para-hydroxylation sites is 2. The number of hydrogen-bond acceptors (Lipinski definition) is 2. The van der Waals surface area contributed by atoms with Crippen LogP contribution in [0.1, 0.15) is 23.3 Å². The minimum atomic E-state index is 0.879. The Morgan fingerprint density at radius 3 is 1.14 bits per heavy atom. The molecule has 0 saturated heterocycles. The van der Waals surface area contributed by atoms with Gasteiger partial charge in [-0.2, -0.15) is 0 Å². The van der Waals surface area contributed by atoms with Gasteiger partial charge in [-0.3, -0.25) is 0 Å². The lowest BCUT2D eigenvalue weighted by molar-refractivity contribution is 0.548. The molecule has 0 bridgehead atoms. The first-order valence-electron chi connectivity index (χ1n) is 25.8. The Labute approximate surface area is 426 Å². The lowest BCUT2D eigenvalue weighted by atomic mass is 9.81. The fraction of sp³-hybridized carbons (Fsp3) is 0.0278. The summed E-state index contributed by atoms with van der Waals surface area (Å²) in [6.45, 7) is 0. The van der Waals surface area contributed by atoms with Crippen molar-refractivity contribution < 1.29 is 8.83 Å². The average Bonchev–Trinajstić information content (AvgIpc) is 4.03. The van der Waals surface area contributed by atoms with Crippen molar-refractivity contribution in [1.29, 1.82) is 0 Å². The molecule has 16 rings (SSSR count). The summed E-state index contributed by atoms with van der Waals surface area (Å²) in [5, 5.41) is 18.4. The number of benzene rings is 13. The van der Waals surface area contributed by atoms with Gasteiger partial charge in [-0.05, 0) is 157 Å². The van der Waals surface area contributed by atoms with E-state index in [1.165, 1.54) is 131 Å². The smallest absolute Gasteiger partial charge is 0.135 e. The van der Waals surface area contributed by atoms with Gasteiger partial charge in [-0.1, -0.05) is 212 Å². The number of fused-ring (bicyclic) bond motifs is 12. The summed E-state index contributed by atoms with van der Waals surface area (Å²) in [7, 11) is 0. The van der Waals surface area contributed by atoms with Crippen molar-refractivity contribution in [3.63, 3.8) is 0 Å². The summed E-state index contributed by atoms with van der Waals surface area (Å²) >= 11 is 0. The maximum absolute atomic E-state index is 6.38. The van der Waals surface area contributed by atoms with Gasteiger partial charge in [0.1, 0.15) is 22.5 Å². The van der Waals surface area contributed by atoms with E-state index < -0.39 is 0 Å². The van der Waals surface area contributed by atoms with Crippen LogP contribution in [0.5, 0.6) is 0 Å². The molecule has 1 aliphatic carbocycles. The molecule has 2 aromatic heterocycles. The summed E-state index contributed by atoms with van der Waals surface area (Å²) in [5.74, 6) is 1.08. The Morgan fingerprint density at radius 2 is 0.622 bits per heavy atom.